The number of aryl methyl sites for hydroxylation is 1. The number of nitrogens with zero attached hydrogens (tertiary/aromatic N) is 2. The molecule has 0 amide bonds. The van der Waals surface area contributed by atoms with Gasteiger partial charge in [-0.1, -0.05) is 0 Å². The molecule has 2 rings (SSSR count). The molecule has 0 bridgehead atoms. The Kier molecular flexibility index (Phi) is 4.07. The van der Waals surface area contributed by atoms with Gasteiger partial charge >= 0.3 is 0 Å². The molecule has 0 saturated carbocycles. The molecule has 0 aromatic carbocycles. The van der Waals surface area contributed by atoms with Gasteiger partial charge in [-0.05, 0) is 31.9 Å². The van der Waals surface area contributed by atoms with Crippen LogP contribution in [0.25, 0.3) is 0 Å². The van der Waals surface area contributed by atoms with Crippen molar-refractivity contribution in [2.45, 2.75) is 26.8 Å². The Morgan fingerprint density at radius 1 is 1.24 bits per heavy atom. The smallest absolute Gasteiger partial charge is 0.103 e. The molecular formula is C13H23N3O. The molecule has 1 saturated heterocycles. The fourth-order valence-electron chi connectivity index (χ4n) is 2.38. The summed E-state index contributed by atoms with van der Waals surface area (Å²) in [7, 11) is 0. The molecule has 2 heterocycles. The third-order valence-electron chi connectivity index (χ3n) is 3.61. The standard InChI is InChI=1S/C13H23N3O/c1-11-10-13(14)16(12(11)2)5-3-4-15-6-8-17-9-7-15/h10H,3-9,14H2,1-2H3. The SMILES string of the molecule is Cc1cc(N)n(CCCN2CCOCC2)c1C. The van der Waals surface area contributed by atoms with Crippen LogP contribution in [0, 0.1) is 13.8 Å². The highest BCUT2D eigenvalue weighted by molar-refractivity contribution is 5.40. The minimum atomic E-state index is 0.879. The zero-order chi connectivity index (χ0) is 12.3. The molecule has 0 unspecified atom stereocenters. The summed E-state index contributed by atoms with van der Waals surface area (Å²) in [5, 5.41) is 0. The van der Waals surface area contributed by atoms with Crippen LogP contribution >= 0.6 is 0 Å². The summed E-state index contributed by atoms with van der Waals surface area (Å²) in [6.07, 6.45) is 1.15. The first-order chi connectivity index (χ1) is 8.18. The van der Waals surface area contributed by atoms with E-state index >= 15 is 0 Å². The summed E-state index contributed by atoms with van der Waals surface area (Å²) >= 11 is 0. The first-order valence-electron chi connectivity index (χ1n) is 6.41. The van der Waals surface area contributed by atoms with E-state index < -0.39 is 0 Å². The summed E-state index contributed by atoms with van der Waals surface area (Å²) in [6, 6.07) is 2.06. The maximum atomic E-state index is 5.99. The van der Waals surface area contributed by atoms with Gasteiger partial charge in [0.25, 0.3) is 0 Å². The van der Waals surface area contributed by atoms with E-state index in [1.54, 1.807) is 0 Å². The fourth-order valence-corrected chi connectivity index (χ4v) is 2.38. The van der Waals surface area contributed by atoms with Gasteiger partial charge in [0.15, 0.2) is 0 Å². The van der Waals surface area contributed by atoms with Gasteiger partial charge in [0.05, 0.1) is 13.2 Å². The van der Waals surface area contributed by atoms with Crippen molar-refractivity contribution in [1.29, 1.82) is 0 Å². The van der Waals surface area contributed by atoms with Crippen molar-refractivity contribution in [3.8, 4) is 0 Å². The highest BCUT2D eigenvalue weighted by atomic mass is 16.5. The molecule has 1 aliphatic heterocycles. The number of anilines is 1. The first kappa shape index (κ1) is 12.5. The molecule has 2 N–H and O–H groups in total. The Labute approximate surface area is 103 Å². The van der Waals surface area contributed by atoms with E-state index in [1.807, 2.05) is 0 Å². The Morgan fingerprint density at radius 2 is 1.94 bits per heavy atom. The van der Waals surface area contributed by atoms with Crippen LogP contribution in [0.4, 0.5) is 5.82 Å². The van der Waals surface area contributed by atoms with Gasteiger partial charge in [0, 0.05) is 31.9 Å². The van der Waals surface area contributed by atoms with Gasteiger partial charge in [-0.15, -0.1) is 0 Å². The molecule has 96 valence electrons. The third kappa shape index (κ3) is 3.01. The lowest BCUT2D eigenvalue weighted by Gasteiger charge is -2.26. The summed E-state index contributed by atoms with van der Waals surface area (Å²) < 4.78 is 7.56. The van der Waals surface area contributed by atoms with Crippen molar-refractivity contribution >= 4 is 5.82 Å². The van der Waals surface area contributed by atoms with E-state index in [9.17, 15) is 0 Å². The molecule has 17 heavy (non-hydrogen) atoms. The lowest BCUT2D eigenvalue weighted by atomic mass is 10.3. The summed E-state index contributed by atoms with van der Waals surface area (Å²) in [6.45, 7) is 10.3. The molecular weight excluding hydrogens is 214 g/mol. The number of hydrogen-bond acceptors (Lipinski definition) is 3. The monoisotopic (exact) mass is 237 g/mol. The largest absolute Gasteiger partial charge is 0.385 e. The van der Waals surface area contributed by atoms with Crippen LogP contribution in [0.15, 0.2) is 6.07 Å². The number of morpholine rings is 1. The highest BCUT2D eigenvalue weighted by Gasteiger charge is 2.10. The molecule has 0 aliphatic carbocycles. The number of nitrogen functional groups attached to an aromatic ring is 1. The molecule has 4 nitrogen and oxygen atoms in total. The quantitative estimate of drug-likeness (QED) is 0.861. The van der Waals surface area contributed by atoms with Crippen molar-refractivity contribution in [3.05, 3.63) is 17.3 Å². The number of aromatic nitrogens is 1. The third-order valence-corrected chi connectivity index (χ3v) is 3.61. The van der Waals surface area contributed by atoms with Gasteiger partial charge in [-0.25, -0.2) is 0 Å². The average molecular weight is 237 g/mol. The lowest BCUT2D eigenvalue weighted by molar-refractivity contribution is 0.0369. The Morgan fingerprint density at radius 3 is 2.53 bits per heavy atom. The second-order valence-corrected chi connectivity index (χ2v) is 4.80. The fraction of sp³-hybridized carbons (Fsp3) is 0.692. The number of rotatable bonds is 4. The van der Waals surface area contributed by atoms with Gasteiger partial charge in [0.1, 0.15) is 5.82 Å². The second kappa shape index (κ2) is 5.56. The molecule has 1 fully saturated rings. The van der Waals surface area contributed by atoms with Gasteiger partial charge in [-0.3, -0.25) is 4.90 Å². The Hall–Kier alpha value is -1.00. The number of ether oxygens (including phenoxy) is 1. The van der Waals surface area contributed by atoms with Crippen LogP contribution in [-0.2, 0) is 11.3 Å². The predicted molar refractivity (Wildman–Crippen MR) is 70.2 cm³/mol. The van der Waals surface area contributed by atoms with Gasteiger partial charge < -0.3 is 15.0 Å². The zero-order valence-corrected chi connectivity index (χ0v) is 10.9. The molecule has 1 aromatic rings. The van der Waals surface area contributed by atoms with Crippen molar-refractivity contribution in [2.24, 2.45) is 0 Å². The molecule has 4 heteroatoms. The van der Waals surface area contributed by atoms with E-state index in [2.05, 4.69) is 29.4 Å². The van der Waals surface area contributed by atoms with Gasteiger partial charge in [0.2, 0.25) is 0 Å². The van der Waals surface area contributed by atoms with Crippen molar-refractivity contribution < 1.29 is 4.74 Å². The normalized spacial score (nSPS) is 17.5. The minimum Gasteiger partial charge on any atom is -0.385 e. The first-order valence-corrected chi connectivity index (χ1v) is 6.41. The average Bonchev–Trinajstić information content (AvgIpc) is 2.57. The molecule has 0 spiro atoms. The van der Waals surface area contributed by atoms with E-state index in [-0.39, 0.29) is 0 Å². The second-order valence-electron chi connectivity index (χ2n) is 4.80. The van der Waals surface area contributed by atoms with E-state index in [0.717, 1.165) is 51.6 Å². The van der Waals surface area contributed by atoms with Crippen LogP contribution in [0.2, 0.25) is 0 Å². The summed E-state index contributed by atoms with van der Waals surface area (Å²) in [5.74, 6) is 0.891. The molecule has 0 radical (unpaired) electrons. The van der Waals surface area contributed by atoms with E-state index in [4.69, 9.17) is 10.5 Å². The predicted octanol–water partition coefficient (Wildman–Crippen LogP) is 1.41. The lowest BCUT2D eigenvalue weighted by Crippen LogP contribution is -2.37. The van der Waals surface area contributed by atoms with Crippen molar-refractivity contribution in [2.75, 3.05) is 38.6 Å². The van der Waals surface area contributed by atoms with E-state index in [0.29, 0.717) is 0 Å². The minimum absolute atomic E-state index is 0.879. The Balaban J connectivity index is 1.81. The maximum Gasteiger partial charge on any atom is 0.103 e. The Bertz CT molecular complexity index is 367. The molecule has 1 aliphatic rings. The number of nitrogens with two attached hydrogens (primary N) is 1. The van der Waals surface area contributed by atoms with Crippen LogP contribution in [0.1, 0.15) is 17.7 Å². The maximum absolute atomic E-state index is 5.99. The van der Waals surface area contributed by atoms with Crippen LogP contribution in [0.5, 0.6) is 0 Å². The van der Waals surface area contributed by atoms with Crippen LogP contribution in [0.3, 0.4) is 0 Å². The summed E-state index contributed by atoms with van der Waals surface area (Å²) in [4.78, 5) is 2.46. The zero-order valence-electron chi connectivity index (χ0n) is 10.9. The number of hydrogen-bond donors (Lipinski definition) is 1. The molecule has 0 atom stereocenters. The van der Waals surface area contributed by atoms with Crippen LogP contribution in [-0.4, -0.2) is 42.3 Å². The summed E-state index contributed by atoms with van der Waals surface area (Å²) in [5.41, 5.74) is 8.57. The molecule has 1 aromatic heterocycles. The van der Waals surface area contributed by atoms with Crippen molar-refractivity contribution in [3.63, 3.8) is 0 Å². The van der Waals surface area contributed by atoms with Crippen molar-refractivity contribution in [1.82, 2.24) is 9.47 Å². The van der Waals surface area contributed by atoms with Gasteiger partial charge in [-0.2, -0.15) is 0 Å². The highest BCUT2D eigenvalue weighted by Crippen LogP contribution is 2.16. The topological polar surface area (TPSA) is 43.4 Å². The van der Waals surface area contributed by atoms with Crippen LogP contribution < -0.4 is 5.73 Å². The van der Waals surface area contributed by atoms with E-state index in [1.165, 1.54) is 11.3 Å².